The van der Waals surface area contributed by atoms with Gasteiger partial charge >= 0.3 is 30.8 Å². The number of esters is 1. The Morgan fingerprint density at radius 3 is 1.27 bits per heavy atom. The summed E-state index contributed by atoms with van der Waals surface area (Å²) in [6.07, 6.45) is 2.33. The number of morpholine rings is 2. The van der Waals surface area contributed by atoms with Gasteiger partial charge in [0.15, 0.2) is 0 Å². The van der Waals surface area contributed by atoms with Gasteiger partial charge < -0.3 is 68.6 Å². The van der Waals surface area contributed by atoms with Crippen LogP contribution in [0.25, 0.3) is 43.8 Å². The van der Waals surface area contributed by atoms with Crippen molar-refractivity contribution in [2.45, 2.75) is 92.4 Å². The van der Waals surface area contributed by atoms with Gasteiger partial charge in [0.05, 0.1) is 58.9 Å². The number of halogens is 4. The number of ether oxygens (including phenoxy) is 6. The molecule has 2 amide bonds. The molecule has 520 valence electrons. The number of aliphatic carboxylic acids is 1. The summed E-state index contributed by atoms with van der Waals surface area (Å²) in [5, 5.41) is 17.5. The molecule has 0 spiro atoms. The molecule has 5 heterocycles. The quantitative estimate of drug-likeness (QED) is 0.0473. The number of carbonyl (C=O) groups is 4. The summed E-state index contributed by atoms with van der Waals surface area (Å²) in [5.74, 6) is -7.89. The maximum absolute atomic E-state index is 15.3. The molecule has 0 bridgehead atoms. The number of hydrogen-bond acceptors (Lipinski definition) is 15. The third-order valence-electron chi connectivity index (χ3n) is 17.3. The van der Waals surface area contributed by atoms with Gasteiger partial charge in [0.2, 0.25) is 0 Å². The van der Waals surface area contributed by atoms with Crippen molar-refractivity contribution in [2.75, 3.05) is 83.9 Å². The molecule has 3 aliphatic rings. The van der Waals surface area contributed by atoms with Crippen LogP contribution in [0.3, 0.4) is 0 Å². The number of amides is 2. The number of aryl methyl sites for hydroxylation is 2. The number of rotatable bonds is 16. The molecule has 8 aromatic rings. The van der Waals surface area contributed by atoms with E-state index in [1.54, 1.807) is 80.5 Å². The second kappa shape index (κ2) is 35.5. The van der Waals surface area contributed by atoms with E-state index < -0.39 is 70.2 Å². The molecular formula is C73H85F4LiN6O14. The number of hydrogen-bond donors (Lipinski definition) is 3. The second-order valence-corrected chi connectivity index (χ2v) is 23.3. The number of methoxy groups -OCH3 is 3. The Labute approximate surface area is 579 Å². The fourth-order valence-corrected chi connectivity index (χ4v) is 12.0. The van der Waals surface area contributed by atoms with Gasteiger partial charge in [0, 0.05) is 100 Å². The first-order valence-electron chi connectivity index (χ1n) is 30.7. The first-order chi connectivity index (χ1) is 45.1. The second-order valence-electron chi connectivity index (χ2n) is 23.3. The van der Waals surface area contributed by atoms with Crippen LogP contribution in [0.5, 0.6) is 11.5 Å². The van der Waals surface area contributed by atoms with Crippen LogP contribution < -0.4 is 59.9 Å². The fourth-order valence-electron chi connectivity index (χ4n) is 12.0. The number of pyridine rings is 2. The molecule has 25 heteroatoms. The summed E-state index contributed by atoms with van der Waals surface area (Å²) < 4.78 is 95.6. The smallest absolute Gasteiger partial charge is 0.870 e. The van der Waals surface area contributed by atoms with E-state index >= 15 is 17.6 Å². The first kappa shape index (κ1) is 79.7. The monoisotopic (exact) mass is 1350 g/mol. The van der Waals surface area contributed by atoms with Crippen molar-refractivity contribution in [1.29, 1.82) is 0 Å². The van der Waals surface area contributed by atoms with Gasteiger partial charge in [-0.25, -0.2) is 27.2 Å². The summed E-state index contributed by atoms with van der Waals surface area (Å²) in [6.45, 7) is 11.9. The molecule has 0 saturated carbocycles. The number of aromatic nitrogens is 2. The van der Waals surface area contributed by atoms with Gasteiger partial charge in [-0.2, -0.15) is 0 Å². The van der Waals surface area contributed by atoms with Crippen molar-refractivity contribution < 1.29 is 94.6 Å². The summed E-state index contributed by atoms with van der Waals surface area (Å²) in [4.78, 5) is 81.7. The number of benzene rings is 6. The molecule has 0 radical (unpaired) electrons. The Balaban J connectivity index is 0.000000317. The summed E-state index contributed by atoms with van der Waals surface area (Å²) in [5.41, 5.74) is 3.03. The summed E-state index contributed by atoms with van der Waals surface area (Å²) in [6, 6.07) is 26.3. The number of carboxylic acid groups (broad SMARTS) is 1. The molecule has 2 aromatic heterocycles. The molecule has 98 heavy (non-hydrogen) atoms. The Kier molecular flexibility index (Phi) is 28.8. The number of fused-ring (bicyclic) bond motifs is 2. The molecule has 4 atom stereocenters. The van der Waals surface area contributed by atoms with E-state index in [-0.39, 0.29) is 80.9 Å². The standard InChI is InChI=1S/C34H35F2N3O6.C33H33F2N3O6.C4H8O.2CH4.Li.H2O/c1-19-14-29(43-4)30(33(41)38(19)3)25-11-10-21(23-8-6-7-9-24(23)25)15-28(34(42)44-5)37-32(40)31-26(35)16-22(17-27(31)36)39-12-13-45-18-20(39)2;1-18-13-28(43-4)29(32(40)37(18)3)24-10-9-20(22-7-5-6-8-23(22)24)14-27(33(41)42)36-31(39)30-25(34)15-21(16-26(30)35)38-11-12-44-17-19(38)2;1-2-4-5-3-1;;;;/h6-11,14,16-17,20,28H,12-13,15,18H2,1-5H3,(H,37,40);5-10,13,15-16,19,27H,11-12,14,17H2,1-4H3,(H,36,39)(H,41,42);1-4H2;2*1H4;;1H2/q;;;;;+1;/p-1/t20-,28-;19-,27-;;;;;/m00...../s1. The number of nitrogens with one attached hydrogen (secondary N) is 2. The van der Waals surface area contributed by atoms with Crippen LogP contribution in [0.4, 0.5) is 28.9 Å². The fraction of sp³-hybridized carbons (Fsp3) is 0.370. The number of carbonyl (C=O) groups excluding carboxylic acids is 3. The van der Waals surface area contributed by atoms with Crippen LogP contribution in [-0.4, -0.2) is 142 Å². The maximum atomic E-state index is 15.3. The minimum Gasteiger partial charge on any atom is -0.870 e. The van der Waals surface area contributed by atoms with Crippen LogP contribution in [0.1, 0.15) is 84.8 Å². The van der Waals surface area contributed by atoms with E-state index in [0.717, 1.165) is 48.9 Å². The number of anilines is 2. The third-order valence-corrected chi connectivity index (χ3v) is 17.3. The first-order valence-corrected chi connectivity index (χ1v) is 30.7. The molecule has 3 aliphatic heterocycles. The maximum Gasteiger partial charge on any atom is 1.00 e. The largest absolute Gasteiger partial charge is 1.00 e. The van der Waals surface area contributed by atoms with Crippen LogP contribution in [0.2, 0.25) is 0 Å². The van der Waals surface area contributed by atoms with E-state index in [1.807, 2.05) is 56.0 Å². The molecule has 3 fully saturated rings. The van der Waals surface area contributed by atoms with Crippen molar-refractivity contribution in [2.24, 2.45) is 14.1 Å². The van der Waals surface area contributed by atoms with Gasteiger partial charge in [0.1, 0.15) is 58.0 Å². The van der Waals surface area contributed by atoms with Crippen LogP contribution >= 0.6 is 0 Å². The van der Waals surface area contributed by atoms with E-state index in [0.29, 0.717) is 112 Å². The SMILES string of the molecule is C.C.C1CCOC1.COC(=O)[C@H](Cc1ccc(-c2c(OC)cc(C)n(C)c2=O)c2ccccc12)NC(=O)c1c(F)cc(N2CCOC[C@@H]2C)cc1F.COc1cc(C)n(C)c(=O)c1-c1ccc(C[C@H](NC(=O)c2c(F)cc(N3CCOC[C@@H]3C)cc2F)C(=O)O)c2ccccc12.[Li+].[OH-]. The van der Waals surface area contributed by atoms with Crippen LogP contribution in [-0.2, 0) is 55.5 Å². The third kappa shape index (κ3) is 17.4. The van der Waals surface area contributed by atoms with Gasteiger partial charge in [-0.15, -0.1) is 0 Å². The summed E-state index contributed by atoms with van der Waals surface area (Å²) >= 11 is 0. The average Bonchev–Trinajstić information content (AvgIpc) is 0.778. The van der Waals surface area contributed by atoms with Crippen LogP contribution in [0, 0.1) is 37.1 Å². The summed E-state index contributed by atoms with van der Waals surface area (Å²) in [7, 11) is 7.50. The van der Waals surface area contributed by atoms with E-state index in [1.165, 1.54) is 43.3 Å². The predicted molar refractivity (Wildman–Crippen MR) is 365 cm³/mol. The van der Waals surface area contributed by atoms with Gasteiger partial charge in [0.25, 0.3) is 22.9 Å². The Morgan fingerprint density at radius 2 is 0.929 bits per heavy atom. The number of carboxylic acids is 1. The van der Waals surface area contributed by atoms with E-state index in [2.05, 4.69) is 10.6 Å². The molecule has 0 aliphatic carbocycles. The van der Waals surface area contributed by atoms with E-state index in [4.69, 9.17) is 28.4 Å². The molecule has 6 aromatic carbocycles. The van der Waals surface area contributed by atoms with Crippen LogP contribution in [0.15, 0.2) is 119 Å². The Hall–Kier alpha value is -9.02. The molecular weight excluding hydrogens is 1270 g/mol. The van der Waals surface area contributed by atoms with E-state index in [9.17, 15) is 33.9 Å². The molecule has 0 unspecified atom stereocenters. The van der Waals surface area contributed by atoms with Gasteiger partial charge in [-0.05, 0) is 109 Å². The molecule has 11 rings (SSSR count). The van der Waals surface area contributed by atoms with Gasteiger partial charge in [-0.1, -0.05) is 87.6 Å². The zero-order chi connectivity index (χ0) is 67.7. The van der Waals surface area contributed by atoms with Crippen molar-refractivity contribution in [1.82, 2.24) is 19.8 Å². The molecule has 3 saturated heterocycles. The topological polar surface area (TPSA) is 248 Å². The van der Waals surface area contributed by atoms with Crippen molar-refractivity contribution >= 4 is 56.7 Å². The average molecular weight is 1350 g/mol. The van der Waals surface area contributed by atoms with Crippen molar-refractivity contribution in [3.05, 3.63) is 187 Å². The number of nitrogens with zero attached hydrogens (tertiary/aromatic N) is 4. The van der Waals surface area contributed by atoms with Crippen molar-refractivity contribution in [3.8, 4) is 33.8 Å². The molecule has 4 N–H and O–H groups in total. The minimum atomic E-state index is -1.50. The van der Waals surface area contributed by atoms with Crippen molar-refractivity contribution in [3.63, 3.8) is 0 Å². The minimum absolute atomic E-state index is 0. The Morgan fingerprint density at radius 1 is 0.561 bits per heavy atom. The molecule has 20 nitrogen and oxygen atoms in total. The zero-order valence-corrected chi connectivity index (χ0v) is 55.3. The zero-order valence-electron chi connectivity index (χ0n) is 55.3. The predicted octanol–water partition coefficient (Wildman–Crippen LogP) is 7.89. The Bertz CT molecular complexity index is 4250. The normalized spacial score (nSPS) is 15.4. The van der Waals surface area contributed by atoms with Gasteiger partial charge in [-0.3, -0.25) is 19.2 Å².